The third kappa shape index (κ3) is 8.76. The highest BCUT2D eigenvalue weighted by molar-refractivity contribution is 7.64. The molecule has 0 fully saturated rings. The van der Waals surface area contributed by atoms with Gasteiger partial charge in [-0.05, 0) is 12.5 Å². The van der Waals surface area contributed by atoms with Crippen molar-refractivity contribution < 1.29 is 4.79 Å². The summed E-state index contributed by atoms with van der Waals surface area (Å²) in [5.74, 6) is 0. The maximum Gasteiger partial charge on any atom is 0.341 e. The van der Waals surface area contributed by atoms with Crippen LogP contribution < -0.4 is 0 Å². The summed E-state index contributed by atoms with van der Waals surface area (Å²) in [4.78, 5) is 9.78. The molecular formula is C4H7Cl3OSi. The van der Waals surface area contributed by atoms with Crippen LogP contribution in [0.15, 0.2) is 0 Å². The molecule has 5 heteroatoms. The van der Waals surface area contributed by atoms with Gasteiger partial charge in [-0.2, -0.15) is 0 Å². The maximum absolute atomic E-state index is 9.78. The van der Waals surface area contributed by atoms with E-state index in [1.807, 2.05) is 0 Å². The van der Waals surface area contributed by atoms with Crippen LogP contribution >= 0.6 is 33.2 Å². The van der Waals surface area contributed by atoms with E-state index < -0.39 is 6.00 Å². The molecular weight excluding hydrogens is 198 g/mol. The zero-order valence-electron chi connectivity index (χ0n) is 4.74. The Morgan fingerprint density at radius 2 is 1.89 bits per heavy atom. The molecule has 0 spiro atoms. The van der Waals surface area contributed by atoms with Crippen molar-refractivity contribution in [1.82, 2.24) is 0 Å². The molecule has 0 bridgehead atoms. The zero-order chi connectivity index (χ0) is 7.33. The summed E-state index contributed by atoms with van der Waals surface area (Å²) in [7, 11) is 0. The van der Waals surface area contributed by atoms with Gasteiger partial charge in [-0.25, -0.2) is 0 Å². The molecule has 0 rings (SSSR count). The van der Waals surface area contributed by atoms with Gasteiger partial charge in [0, 0.05) is 6.42 Å². The fraction of sp³-hybridized carbons (Fsp3) is 0.750. The van der Waals surface area contributed by atoms with Crippen LogP contribution in [-0.2, 0) is 4.79 Å². The van der Waals surface area contributed by atoms with Gasteiger partial charge in [0.05, 0.1) is 0 Å². The van der Waals surface area contributed by atoms with E-state index in [4.69, 9.17) is 33.2 Å². The largest absolute Gasteiger partial charge is 0.341 e. The van der Waals surface area contributed by atoms with Crippen LogP contribution in [0.25, 0.3) is 0 Å². The number of hydrogen-bond donors (Lipinski definition) is 0. The normalized spacial score (nSPS) is 11.4. The summed E-state index contributed by atoms with van der Waals surface area (Å²) < 4.78 is 0. The van der Waals surface area contributed by atoms with E-state index in [0.717, 1.165) is 6.29 Å². The minimum Gasteiger partial charge on any atom is -0.303 e. The summed E-state index contributed by atoms with van der Waals surface area (Å²) in [6.07, 6.45) is 2.04. The highest BCUT2D eigenvalue weighted by Crippen LogP contribution is 2.26. The number of rotatable bonds is 4. The van der Waals surface area contributed by atoms with Crippen molar-refractivity contribution in [1.29, 1.82) is 0 Å². The van der Waals surface area contributed by atoms with Crippen LogP contribution in [0.2, 0.25) is 6.04 Å². The summed E-state index contributed by atoms with van der Waals surface area (Å²) >= 11 is 16.6. The third-order valence-electron chi connectivity index (χ3n) is 0.782. The fourth-order valence-electron chi connectivity index (χ4n) is 0.386. The van der Waals surface area contributed by atoms with Gasteiger partial charge in [0.25, 0.3) is 0 Å². The Hall–Kier alpha value is 0.757. The Labute approximate surface area is 69.4 Å². The van der Waals surface area contributed by atoms with Crippen molar-refractivity contribution >= 4 is 45.5 Å². The quantitative estimate of drug-likeness (QED) is 0.298. The fourth-order valence-corrected chi connectivity index (χ4v) is 2.19. The third-order valence-corrected chi connectivity index (χ3v) is 3.40. The van der Waals surface area contributed by atoms with Crippen LogP contribution in [0.3, 0.4) is 0 Å². The predicted molar refractivity (Wildman–Crippen MR) is 43.4 cm³/mol. The lowest BCUT2D eigenvalue weighted by molar-refractivity contribution is -0.107. The van der Waals surface area contributed by atoms with Crippen molar-refractivity contribution in [2.24, 2.45) is 0 Å². The second-order valence-corrected chi connectivity index (χ2v) is 11.0. The van der Waals surface area contributed by atoms with Gasteiger partial charge in [0.1, 0.15) is 6.29 Å². The molecule has 0 unspecified atom stereocenters. The molecule has 0 aliphatic carbocycles. The van der Waals surface area contributed by atoms with Crippen LogP contribution in [0.5, 0.6) is 0 Å². The number of unbranched alkanes of at least 4 members (excludes halogenated alkanes) is 1. The zero-order valence-corrected chi connectivity index (χ0v) is 8.01. The van der Waals surface area contributed by atoms with E-state index in [2.05, 4.69) is 0 Å². The molecule has 0 aliphatic rings. The smallest absolute Gasteiger partial charge is 0.303 e. The topological polar surface area (TPSA) is 17.1 Å². The first-order valence-corrected chi connectivity index (χ1v) is 7.81. The van der Waals surface area contributed by atoms with Crippen LogP contribution in [0, 0.1) is 0 Å². The highest BCUT2D eigenvalue weighted by Gasteiger charge is 2.23. The molecule has 9 heavy (non-hydrogen) atoms. The van der Waals surface area contributed by atoms with Gasteiger partial charge >= 0.3 is 6.00 Å². The molecule has 0 amide bonds. The number of halogens is 3. The Bertz CT molecular complexity index is 90.3. The van der Waals surface area contributed by atoms with Crippen molar-refractivity contribution in [3.63, 3.8) is 0 Å². The van der Waals surface area contributed by atoms with E-state index in [1.54, 1.807) is 0 Å². The Morgan fingerprint density at radius 3 is 2.22 bits per heavy atom. The van der Waals surface area contributed by atoms with Gasteiger partial charge < -0.3 is 4.79 Å². The molecule has 0 aliphatic heterocycles. The first-order chi connectivity index (χ1) is 4.06. The molecule has 0 aromatic carbocycles. The standard InChI is InChI=1S/C4H7Cl3OSi/c5-9(6,7)4-2-1-3-8/h3H,1-2,4H2. The van der Waals surface area contributed by atoms with Gasteiger partial charge in [-0.15, -0.1) is 33.2 Å². The Morgan fingerprint density at radius 1 is 1.33 bits per heavy atom. The van der Waals surface area contributed by atoms with Crippen molar-refractivity contribution in [3.8, 4) is 0 Å². The van der Waals surface area contributed by atoms with Gasteiger partial charge in [-0.1, -0.05) is 0 Å². The van der Waals surface area contributed by atoms with Crippen LogP contribution in [0.1, 0.15) is 12.8 Å². The minimum absolute atomic E-state index is 0.501. The van der Waals surface area contributed by atoms with E-state index >= 15 is 0 Å². The maximum atomic E-state index is 9.78. The van der Waals surface area contributed by atoms with E-state index in [1.165, 1.54) is 0 Å². The molecule has 1 nitrogen and oxygen atoms in total. The molecule has 0 atom stereocenters. The lowest BCUT2D eigenvalue weighted by atomic mass is 10.4. The van der Waals surface area contributed by atoms with Crippen LogP contribution in [-0.4, -0.2) is 12.3 Å². The van der Waals surface area contributed by atoms with E-state index in [9.17, 15) is 4.79 Å². The van der Waals surface area contributed by atoms with Crippen molar-refractivity contribution in [3.05, 3.63) is 0 Å². The molecule has 0 aromatic heterocycles. The molecule has 0 saturated heterocycles. The first-order valence-electron chi connectivity index (χ1n) is 2.56. The summed E-state index contributed by atoms with van der Waals surface area (Å²) in [5.41, 5.74) is 0. The van der Waals surface area contributed by atoms with Gasteiger partial charge in [-0.3, -0.25) is 0 Å². The van der Waals surface area contributed by atoms with E-state index in [-0.39, 0.29) is 0 Å². The number of carbonyl (C=O) groups excluding carboxylic acids is 1. The predicted octanol–water partition coefficient (Wildman–Crippen LogP) is 2.62. The number of hydrogen-bond acceptors (Lipinski definition) is 1. The average molecular weight is 206 g/mol. The molecule has 0 saturated carbocycles. The first kappa shape index (κ1) is 9.76. The highest BCUT2D eigenvalue weighted by atomic mass is 35.8. The molecule has 0 radical (unpaired) electrons. The summed E-state index contributed by atoms with van der Waals surface area (Å²) in [6.45, 7) is 0. The Balaban J connectivity index is 3.17. The van der Waals surface area contributed by atoms with Gasteiger partial charge in [0.15, 0.2) is 0 Å². The van der Waals surface area contributed by atoms with E-state index in [0.29, 0.717) is 18.9 Å². The lowest BCUT2D eigenvalue weighted by Crippen LogP contribution is -2.07. The Kier molecular flexibility index (Phi) is 4.94. The second-order valence-electron chi connectivity index (χ2n) is 1.67. The lowest BCUT2D eigenvalue weighted by Gasteiger charge is -2.03. The van der Waals surface area contributed by atoms with Crippen LogP contribution in [0.4, 0.5) is 0 Å². The monoisotopic (exact) mass is 204 g/mol. The van der Waals surface area contributed by atoms with Crippen molar-refractivity contribution in [2.75, 3.05) is 0 Å². The second kappa shape index (κ2) is 4.55. The summed E-state index contributed by atoms with van der Waals surface area (Å²) in [5, 5.41) is 0. The molecule has 0 aromatic rings. The molecule has 54 valence electrons. The number of aldehydes is 1. The summed E-state index contributed by atoms with van der Waals surface area (Å²) in [6, 6.07) is -1.86. The van der Waals surface area contributed by atoms with Crippen molar-refractivity contribution in [2.45, 2.75) is 18.9 Å². The minimum atomic E-state index is -2.44. The number of carbonyl (C=O) groups is 1. The average Bonchev–Trinajstić information content (AvgIpc) is 1.63. The SMILES string of the molecule is O=CCCC[Si](Cl)(Cl)Cl. The molecule has 0 heterocycles. The van der Waals surface area contributed by atoms with Gasteiger partial charge in [0.2, 0.25) is 0 Å². The molecule has 0 N–H and O–H groups in total.